The van der Waals surface area contributed by atoms with Crippen molar-refractivity contribution in [1.82, 2.24) is 19.5 Å². The normalized spacial score (nSPS) is 14.8. The molecule has 0 bridgehead atoms. The maximum absolute atomic E-state index is 13.6. The summed E-state index contributed by atoms with van der Waals surface area (Å²) in [5, 5.41) is 0. The molecule has 0 spiro atoms. The lowest BCUT2D eigenvalue weighted by atomic mass is 10.0. The van der Waals surface area contributed by atoms with Crippen LogP contribution in [-0.2, 0) is 34.4 Å². The van der Waals surface area contributed by atoms with Crippen LogP contribution >= 0.6 is 8.25 Å². The molecule has 1 unspecified atom stereocenters. The van der Waals surface area contributed by atoms with Gasteiger partial charge in [-0.2, -0.15) is 14.4 Å². The number of esters is 1. The first-order chi connectivity index (χ1) is 18.7. The van der Waals surface area contributed by atoms with Crippen molar-refractivity contribution < 1.29 is 32.3 Å². The second-order valence-electron chi connectivity index (χ2n) is 10.0. The minimum absolute atomic E-state index is 0.0408. The number of carbonyl (C=O) groups is 1. The van der Waals surface area contributed by atoms with Crippen molar-refractivity contribution >= 4 is 31.2 Å². The van der Waals surface area contributed by atoms with Crippen molar-refractivity contribution in [2.75, 3.05) is 26.1 Å². The van der Waals surface area contributed by atoms with E-state index in [2.05, 4.69) is 21.9 Å². The van der Waals surface area contributed by atoms with E-state index in [1.165, 1.54) is 65.3 Å². The summed E-state index contributed by atoms with van der Waals surface area (Å²) >= 11 is 0. The van der Waals surface area contributed by atoms with Crippen LogP contribution in [0.1, 0.15) is 91.4 Å². The predicted octanol–water partition coefficient (Wildman–Crippen LogP) is 5.62. The number of carbonyl (C=O) groups excluding carboxylic acids is 1. The van der Waals surface area contributed by atoms with E-state index >= 15 is 0 Å². The van der Waals surface area contributed by atoms with Crippen LogP contribution in [0, 0.1) is 6.08 Å². The number of methoxy groups -OCH3 is 1. The molecule has 11 nitrogen and oxygen atoms in total. The third-order valence-corrected chi connectivity index (χ3v) is 7.61. The number of nitrogens with two attached hydrogens (primary N) is 1. The van der Waals surface area contributed by atoms with Gasteiger partial charge in [-0.15, -0.1) is 0 Å². The lowest BCUT2D eigenvalue weighted by Gasteiger charge is -2.28. The Labute approximate surface area is 231 Å². The fourth-order valence-electron chi connectivity index (χ4n) is 4.01. The van der Waals surface area contributed by atoms with Crippen LogP contribution in [0.4, 0.5) is 10.2 Å². The molecule has 0 saturated heterocycles. The molecule has 0 aliphatic heterocycles. The van der Waals surface area contributed by atoms with E-state index in [-0.39, 0.29) is 18.1 Å². The van der Waals surface area contributed by atoms with E-state index in [1.54, 1.807) is 11.5 Å². The first-order valence-electron chi connectivity index (χ1n) is 13.9. The number of hydrogen-bond donors (Lipinski definition) is 1. The number of anilines is 1. The molecule has 0 amide bonds. The molecular formula is C26H45FN5O6P. The molecule has 2 aromatic rings. The molecule has 0 radical (unpaired) electrons. The SMILES string of the molecule is CCCCCCCCCCCCOC(=O)[C@H](C)O[PH](=O)OC[C@](C)(CCn1cnc2c(N)nc(F)nc21)OC. The molecule has 39 heavy (non-hydrogen) atoms. The summed E-state index contributed by atoms with van der Waals surface area (Å²) in [5.41, 5.74) is 5.42. The summed E-state index contributed by atoms with van der Waals surface area (Å²) in [7, 11) is -1.48. The third kappa shape index (κ3) is 11.9. The lowest BCUT2D eigenvalue weighted by Crippen LogP contribution is -2.34. The summed E-state index contributed by atoms with van der Waals surface area (Å²) in [6, 6.07) is 0. The Morgan fingerprint density at radius 2 is 1.77 bits per heavy atom. The van der Waals surface area contributed by atoms with Crippen LogP contribution in [0.3, 0.4) is 0 Å². The van der Waals surface area contributed by atoms with Crippen LogP contribution < -0.4 is 5.73 Å². The maximum atomic E-state index is 13.6. The Kier molecular flexibility index (Phi) is 14.9. The van der Waals surface area contributed by atoms with Crippen molar-refractivity contribution in [3.63, 3.8) is 0 Å². The summed E-state index contributed by atoms with van der Waals surface area (Å²) < 4.78 is 49.0. The molecule has 0 saturated carbocycles. The molecule has 0 aromatic carbocycles. The second kappa shape index (κ2) is 17.5. The van der Waals surface area contributed by atoms with E-state index in [4.69, 9.17) is 24.3 Å². The van der Waals surface area contributed by atoms with Gasteiger partial charge in [0.25, 0.3) is 0 Å². The number of halogens is 1. The average molecular weight is 574 g/mol. The molecule has 222 valence electrons. The van der Waals surface area contributed by atoms with Gasteiger partial charge in [-0.1, -0.05) is 64.7 Å². The lowest BCUT2D eigenvalue weighted by molar-refractivity contribution is -0.151. The summed E-state index contributed by atoms with van der Waals surface area (Å²) in [4.78, 5) is 23.5. The monoisotopic (exact) mass is 573 g/mol. The van der Waals surface area contributed by atoms with E-state index in [1.807, 2.05) is 0 Å². The van der Waals surface area contributed by atoms with E-state index in [0.717, 1.165) is 19.3 Å². The first kappa shape index (κ1) is 33.1. The van der Waals surface area contributed by atoms with Gasteiger partial charge in [0.05, 0.1) is 25.1 Å². The fourth-order valence-corrected chi connectivity index (χ4v) is 4.89. The van der Waals surface area contributed by atoms with Crippen molar-refractivity contribution in [2.24, 2.45) is 0 Å². The number of imidazole rings is 1. The third-order valence-electron chi connectivity index (χ3n) is 6.68. The zero-order chi connectivity index (χ0) is 28.7. The average Bonchev–Trinajstić information content (AvgIpc) is 3.32. The molecule has 2 heterocycles. The minimum Gasteiger partial charge on any atom is -0.464 e. The van der Waals surface area contributed by atoms with Crippen molar-refractivity contribution in [3.8, 4) is 0 Å². The van der Waals surface area contributed by atoms with Crippen LogP contribution in [0.15, 0.2) is 6.33 Å². The number of hydrogen-bond acceptors (Lipinski definition) is 10. The quantitative estimate of drug-likeness (QED) is 0.0866. The minimum atomic E-state index is -2.98. The Bertz CT molecular complexity index is 1040. The number of aryl methyl sites for hydroxylation is 1. The second-order valence-corrected chi connectivity index (χ2v) is 11.1. The van der Waals surface area contributed by atoms with Gasteiger partial charge in [0.15, 0.2) is 17.6 Å². The molecule has 2 N–H and O–H groups in total. The van der Waals surface area contributed by atoms with Gasteiger partial charge in [0.1, 0.15) is 5.52 Å². The Balaban J connectivity index is 1.64. The highest BCUT2D eigenvalue weighted by Crippen LogP contribution is 2.30. The number of fused-ring (bicyclic) bond motifs is 1. The molecule has 0 aliphatic rings. The standard InChI is InChI=1S/C26H45FN5O6P/c1-5-6-7-8-9-10-11-12-13-14-17-36-24(33)20(2)38-39(34)37-18-26(3,35-4)15-16-32-19-29-21-22(28)30-25(27)31-23(21)32/h19-20,39H,5-18H2,1-4H3,(H2,28,30,31)/t20-,26-/m0/s1. The number of rotatable bonds is 21. The molecule has 2 aromatic heterocycles. The largest absolute Gasteiger partial charge is 0.464 e. The number of aromatic nitrogens is 4. The maximum Gasteiger partial charge on any atom is 0.335 e. The Hall–Kier alpha value is -2.14. The molecule has 13 heteroatoms. The van der Waals surface area contributed by atoms with Crippen molar-refractivity contribution in [3.05, 3.63) is 12.4 Å². The smallest absolute Gasteiger partial charge is 0.335 e. The highest BCUT2D eigenvalue weighted by molar-refractivity contribution is 7.33. The van der Waals surface area contributed by atoms with Gasteiger partial charge < -0.3 is 24.3 Å². The van der Waals surface area contributed by atoms with Gasteiger partial charge in [0, 0.05) is 13.7 Å². The summed E-state index contributed by atoms with van der Waals surface area (Å²) in [5.74, 6) is -0.608. The molecule has 3 atom stereocenters. The molecule has 2 rings (SSSR count). The molecular weight excluding hydrogens is 528 g/mol. The number of ether oxygens (including phenoxy) is 2. The number of nitrogens with zero attached hydrogens (tertiary/aromatic N) is 4. The Morgan fingerprint density at radius 3 is 2.41 bits per heavy atom. The predicted molar refractivity (Wildman–Crippen MR) is 148 cm³/mol. The number of nitrogen functional groups attached to an aromatic ring is 1. The van der Waals surface area contributed by atoms with Crippen LogP contribution in [-0.4, -0.2) is 57.5 Å². The zero-order valence-electron chi connectivity index (χ0n) is 23.7. The highest BCUT2D eigenvalue weighted by atomic mass is 31.1. The van der Waals surface area contributed by atoms with Gasteiger partial charge in [-0.25, -0.2) is 9.78 Å². The highest BCUT2D eigenvalue weighted by Gasteiger charge is 2.27. The van der Waals surface area contributed by atoms with Crippen molar-refractivity contribution in [1.29, 1.82) is 0 Å². The first-order valence-corrected chi connectivity index (χ1v) is 15.1. The Morgan fingerprint density at radius 1 is 1.13 bits per heavy atom. The van der Waals surface area contributed by atoms with E-state index in [0.29, 0.717) is 25.1 Å². The number of unbranched alkanes of at least 4 members (excludes halogenated alkanes) is 9. The van der Waals surface area contributed by atoms with E-state index < -0.39 is 32.0 Å². The molecule has 0 aliphatic carbocycles. The van der Waals surface area contributed by atoms with Gasteiger partial charge in [-0.05, 0) is 26.7 Å². The molecule has 0 fully saturated rings. The van der Waals surface area contributed by atoms with Gasteiger partial charge in [-0.3, -0.25) is 9.09 Å². The van der Waals surface area contributed by atoms with Crippen LogP contribution in [0.2, 0.25) is 0 Å². The summed E-state index contributed by atoms with van der Waals surface area (Å²) in [6.45, 7) is 6.09. The van der Waals surface area contributed by atoms with Crippen LogP contribution in [0.25, 0.3) is 11.2 Å². The topological polar surface area (TPSA) is 141 Å². The zero-order valence-corrected chi connectivity index (χ0v) is 24.7. The van der Waals surface area contributed by atoms with Crippen molar-refractivity contribution in [2.45, 2.75) is 110 Å². The van der Waals surface area contributed by atoms with E-state index in [9.17, 15) is 13.8 Å². The van der Waals surface area contributed by atoms with Gasteiger partial charge >= 0.3 is 20.3 Å². The summed E-state index contributed by atoms with van der Waals surface area (Å²) in [6.07, 6.45) is 11.9. The fraction of sp³-hybridized carbons (Fsp3) is 0.769. The van der Waals surface area contributed by atoms with Crippen LogP contribution in [0.5, 0.6) is 0 Å². The van der Waals surface area contributed by atoms with Gasteiger partial charge in [0.2, 0.25) is 0 Å².